The molecule has 3 aliphatic rings. The zero-order chi connectivity index (χ0) is 23.1. The van der Waals surface area contributed by atoms with Crippen molar-refractivity contribution in [2.75, 3.05) is 31.3 Å². The zero-order valence-corrected chi connectivity index (χ0v) is 19.2. The van der Waals surface area contributed by atoms with Crippen molar-refractivity contribution in [3.63, 3.8) is 0 Å². The molecule has 1 amide bonds. The number of ether oxygens (including phenoxy) is 4. The lowest BCUT2D eigenvalue weighted by Crippen LogP contribution is -2.42. The monoisotopic (exact) mass is 457 g/mol. The largest absolute Gasteiger partial charge is 0.494 e. The van der Waals surface area contributed by atoms with E-state index >= 15 is 0 Å². The summed E-state index contributed by atoms with van der Waals surface area (Å²) >= 11 is 0. The molecule has 0 bridgehead atoms. The average molecular weight is 458 g/mol. The maximum absolute atomic E-state index is 14.1. The summed E-state index contributed by atoms with van der Waals surface area (Å²) in [6, 6.07) is 19.8. The fraction of sp³-hybridized carbons (Fsp3) is 0.321. The van der Waals surface area contributed by atoms with Crippen molar-refractivity contribution in [3.05, 3.63) is 77.4 Å². The van der Waals surface area contributed by atoms with E-state index in [9.17, 15) is 4.79 Å². The molecule has 6 heteroatoms. The van der Waals surface area contributed by atoms with E-state index in [2.05, 4.69) is 6.92 Å². The van der Waals surface area contributed by atoms with Crippen LogP contribution in [0.15, 0.2) is 60.7 Å². The van der Waals surface area contributed by atoms with Crippen LogP contribution < -0.4 is 23.8 Å². The summed E-state index contributed by atoms with van der Waals surface area (Å²) in [5.41, 5.74) is 2.89. The van der Waals surface area contributed by atoms with Gasteiger partial charge >= 0.3 is 0 Å². The van der Waals surface area contributed by atoms with E-state index in [4.69, 9.17) is 18.9 Å². The molecule has 0 fully saturated rings. The SMILES string of the molecule is CCCCOc1ccc(CN2C(=O)C3(COc4cc5c(cc43)OCCO5)c3ccccc32)cc1. The molecule has 174 valence electrons. The average Bonchev–Trinajstić information content (AvgIpc) is 3.36. The van der Waals surface area contributed by atoms with Gasteiger partial charge in [0.15, 0.2) is 11.5 Å². The molecule has 0 radical (unpaired) electrons. The summed E-state index contributed by atoms with van der Waals surface area (Å²) in [6.45, 7) is 4.61. The maximum Gasteiger partial charge on any atom is 0.246 e. The highest BCUT2D eigenvalue weighted by atomic mass is 16.6. The Hall–Kier alpha value is -3.67. The van der Waals surface area contributed by atoms with Crippen molar-refractivity contribution in [1.29, 1.82) is 0 Å². The second kappa shape index (κ2) is 8.28. The van der Waals surface area contributed by atoms with Crippen LogP contribution in [-0.2, 0) is 16.8 Å². The molecule has 0 aromatic heterocycles. The number of fused-ring (bicyclic) bond motifs is 5. The maximum atomic E-state index is 14.1. The number of carbonyl (C=O) groups excluding carboxylic acids is 1. The van der Waals surface area contributed by atoms with Crippen LogP contribution in [0, 0.1) is 0 Å². The number of unbranched alkanes of at least 4 members (excludes halogenated alkanes) is 1. The number of amides is 1. The highest BCUT2D eigenvalue weighted by Crippen LogP contribution is 2.55. The lowest BCUT2D eigenvalue weighted by Gasteiger charge is -2.24. The van der Waals surface area contributed by atoms with Crippen LogP contribution in [0.3, 0.4) is 0 Å². The molecule has 0 aliphatic carbocycles. The minimum Gasteiger partial charge on any atom is -0.494 e. The van der Waals surface area contributed by atoms with Gasteiger partial charge in [-0.25, -0.2) is 0 Å². The predicted molar refractivity (Wildman–Crippen MR) is 128 cm³/mol. The Labute approximate surface area is 199 Å². The Bertz CT molecular complexity index is 1240. The Morgan fingerprint density at radius 3 is 2.47 bits per heavy atom. The molecule has 3 aromatic carbocycles. The number of benzene rings is 3. The molecule has 1 spiro atoms. The number of nitrogens with zero attached hydrogens (tertiary/aromatic N) is 1. The summed E-state index contributed by atoms with van der Waals surface area (Å²) in [7, 11) is 0. The number of rotatable bonds is 6. The number of hydrogen-bond donors (Lipinski definition) is 0. The second-order valence-electron chi connectivity index (χ2n) is 8.94. The first-order valence-electron chi connectivity index (χ1n) is 11.9. The molecule has 0 N–H and O–H groups in total. The molecule has 34 heavy (non-hydrogen) atoms. The summed E-state index contributed by atoms with van der Waals surface area (Å²) in [5.74, 6) is 2.89. The third kappa shape index (κ3) is 3.20. The molecule has 1 atom stereocenters. The normalized spacial score (nSPS) is 19.7. The van der Waals surface area contributed by atoms with Crippen LogP contribution in [0.1, 0.15) is 36.5 Å². The molecule has 6 nitrogen and oxygen atoms in total. The molecule has 0 saturated carbocycles. The minimum absolute atomic E-state index is 0.0207. The van der Waals surface area contributed by atoms with Gasteiger partial charge in [-0.05, 0) is 41.8 Å². The standard InChI is InChI=1S/C28H27NO5/c1-2-3-12-31-20-10-8-19(9-11-20)17-29-23-7-5-4-6-21(23)28(27(29)30)18-34-24-16-26-25(15-22(24)28)32-13-14-33-26/h4-11,15-16H,2-3,12-14,17-18H2,1H3. The first-order valence-corrected chi connectivity index (χ1v) is 11.9. The van der Waals surface area contributed by atoms with Gasteiger partial charge in [-0.2, -0.15) is 0 Å². The van der Waals surface area contributed by atoms with E-state index in [0.717, 1.165) is 41.0 Å². The van der Waals surface area contributed by atoms with Gasteiger partial charge < -0.3 is 23.8 Å². The van der Waals surface area contributed by atoms with Crippen LogP contribution >= 0.6 is 0 Å². The summed E-state index contributed by atoms with van der Waals surface area (Å²) in [5, 5.41) is 0. The number of para-hydroxylation sites is 1. The van der Waals surface area contributed by atoms with E-state index < -0.39 is 5.41 Å². The van der Waals surface area contributed by atoms with Crippen molar-refractivity contribution in [2.45, 2.75) is 31.7 Å². The lowest BCUT2D eigenvalue weighted by molar-refractivity contribution is -0.122. The summed E-state index contributed by atoms with van der Waals surface area (Å²) in [4.78, 5) is 16.0. The van der Waals surface area contributed by atoms with E-state index in [1.807, 2.05) is 65.6 Å². The minimum atomic E-state index is -0.884. The van der Waals surface area contributed by atoms with Crippen LogP contribution in [0.25, 0.3) is 0 Å². The highest BCUT2D eigenvalue weighted by Gasteiger charge is 2.57. The topological polar surface area (TPSA) is 57.2 Å². The van der Waals surface area contributed by atoms with Gasteiger partial charge in [0.1, 0.15) is 36.7 Å². The first kappa shape index (κ1) is 20.9. The highest BCUT2D eigenvalue weighted by molar-refractivity contribution is 6.11. The third-order valence-electron chi connectivity index (χ3n) is 6.84. The van der Waals surface area contributed by atoms with Gasteiger partial charge in [-0.1, -0.05) is 43.7 Å². The van der Waals surface area contributed by atoms with Gasteiger partial charge in [0, 0.05) is 17.3 Å². The Morgan fingerprint density at radius 1 is 0.912 bits per heavy atom. The van der Waals surface area contributed by atoms with E-state index in [-0.39, 0.29) is 12.5 Å². The molecule has 3 aliphatic heterocycles. The second-order valence-corrected chi connectivity index (χ2v) is 8.94. The summed E-state index contributed by atoms with van der Waals surface area (Å²) in [6.07, 6.45) is 2.14. The number of hydrogen-bond acceptors (Lipinski definition) is 5. The van der Waals surface area contributed by atoms with Crippen molar-refractivity contribution < 1.29 is 23.7 Å². The quantitative estimate of drug-likeness (QED) is 0.495. The summed E-state index contributed by atoms with van der Waals surface area (Å²) < 4.78 is 23.4. The Morgan fingerprint density at radius 2 is 1.68 bits per heavy atom. The number of carbonyl (C=O) groups is 1. The van der Waals surface area contributed by atoms with Crippen molar-refractivity contribution in [3.8, 4) is 23.0 Å². The first-order chi connectivity index (χ1) is 16.7. The van der Waals surface area contributed by atoms with E-state index in [1.54, 1.807) is 0 Å². The smallest absolute Gasteiger partial charge is 0.246 e. The molecule has 6 rings (SSSR count). The Kier molecular flexibility index (Phi) is 5.09. The van der Waals surface area contributed by atoms with Crippen molar-refractivity contribution in [1.82, 2.24) is 0 Å². The lowest BCUT2D eigenvalue weighted by atomic mass is 9.77. The molecule has 1 unspecified atom stereocenters. The fourth-order valence-electron chi connectivity index (χ4n) is 5.08. The molecule has 3 aromatic rings. The van der Waals surface area contributed by atoms with Crippen LogP contribution in [0.5, 0.6) is 23.0 Å². The van der Waals surface area contributed by atoms with E-state index in [0.29, 0.717) is 43.6 Å². The van der Waals surface area contributed by atoms with Gasteiger partial charge in [-0.3, -0.25) is 4.79 Å². The van der Waals surface area contributed by atoms with Gasteiger partial charge in [0.25, 0.3) is 0 Å². The van der Waals surface area contributed by atoms with Gasteiger partial charge in [-0.15, -0.1) is 0 Å². The van der Waals surface area contributed by atoms with Gasteiger partial charge in [0.2, 0.25) is 5.91 Å². The van der Waals surface area contributed by atoms with Crippen LogP contribution in [0.4, 0.5) is 5.69 Å². The molecular formula is C28H27NO5. The molecule has 0 saturated heterocycles. The molecular weight excluding hydrogens is 430 g/mol. The Balaban J connectivity index is 1.34. The molecule has 3 heterocycles. The third-order valence-corrected chi connectivity index (χ3v) is 6.84. The van der Waals surface area contributed by atoms with E-state index in [1.165, 1.54) is 0 Å². The van der Waals surface area contributed by atoms with Crippen LogP contribution in [-0.4, -0.2) is 32.3 Å². The fourth-order valence-corrected chi connectivity index (χ4v) is 5.08. The zero-order valence-electron chi connectivity index (χ0n) is 19.2. The van der Waals surface area contributed by atoms with Crippen LogP contribution in [0.2, 0.25) is 0 Å². The van der Waals surface area contributed by atoms with Crippen molar-refractivity contribution >= 4 is 11.6 Å². The van der Waals surface area contributed by atoms with Gasteiger partial charge in [0.05, 0.1) is 13.2 Å². The predicted octanol–water partition coefficient (Wildman–Crippen LogP) is 4.86. The van der Waals surface area contributed by atoms with Crippen molar-refractivity contribution in [2.24, 2.45) is 0 Å². The number of anilines is 1.